The van der Waals surface area contributed by atoms with Gasteiger partial charge >= 0.3 is 0 Å². The van der Waals surface area contributed by atoms with Gasteiger partial charge in [0.25, 0.3) is 0 Å². The highest BCUT2D eigenvalue weighted by Crippen LogP contribution is 2.30. The van der Waals surface area contributed by atoms with Crippen molar-refractivity contribution in [2.45, 2.75) is 31.7 Å². The minimum absolute atomic E-state index is 0.672. The first-order chi connectivity index (χ1) is 8.79. The summed E-state index contributed by atoms with van der Waals surface area (Å²) in [6.45, 7) is 0. The molecule has 2 aromatic rings. The highest BCUT2D eigenvalue weighted by molar-refractivity contribution is 5.81. The number of nitrogens with one attached hydrogen (secondary N) is 1. The highest BCUT2D eigenvalue weighted by Gasteiger charge is 2.27. The summed E-state index contributed by atoms with van der Waals surface area (Å²) in [5.74, 6) is 0.744. The van der Waals surface area contributed by atoms with Crippen LogP contribution in [0.15, 0.2) is 24.3 Å². The maximum absolute atomic E-state index is 4.71. The predicted octanol–water partition coefficient (Wildman–Crippen LogP) is 2.50. The average Bonchev–Trinajstić information content (AvgIpc) is 2.96. The van der Waals surface area contributed by atoms with Crippen LogP contribution in [0.1, 0.15) is 25.0 Å². The van der Waals surface area contributed by atoms with Crippen molar-refractivity contribution in [2.24, 2.45) is 13.0 Å². The molecule has 1 aromatic heterocycles. The lowest BCUT2D eigenvalue weighted by molar-refractivity contribution is 0.419. The number of hydrogen-bond donors (Lipinski definition) is 1. The van der Waals surface area contributed by atoms with E-state index in [0.29, 0.717) is 6.04 Å². The largest absolute Gasteiger partial charge is 0.317 e. The number of aryl methyl sites for hydroxylation is 1. The molecule has 0 saturated heterocycles. The molecule has 0 spiro atoms. The second-order valence-corrected chi connectivity index (χ2v) is 5.38. The van der Waals surface area contributed by atoms with E-state index in [2.05, 4.69) is 36.6 Å². The standard InChI is InChI=1S/C15H21N3/c1-16-13-8-5-6-11(13)10-14-12-7-3-4-9-15(12)18(2)17-14/h3-4,7,9,11,13,16H,5-6,8,10H2,1-2H3. The fraction of sp³-hybridized carbons (Fsp3) is 0.533. The normalized spacial score (nSPS) is 23.9. The Morgan fingerprint density at radius 2 is 2.17 bits per heavy atom. The van der Waals surface area contributed by atoms with Crippen molar-refractivity contribution in [3.63, 3.8) is 0 Å². The second kappa shape index (κ2) is 4.73. The van der Waals surface area contributed by atoms with Crippen LogP contribution in [0, 0.1) is 5.92 Å². The second-order valence-electron chi connectivity index (χ2n) is 5.38. The molecule has 96 valence electrons. The zero-order chi connectivity index (χ0) is 12.5. The van der Waals surface area contributed by atoms with Gasteiger partial charge in [-0.15, -0.1) is 0 Å². The Labute approximate surface area is 108 Å². The quantitative estimate of drug-likeness (QED) is 0.897. The number of para-hydroxylation sites is 1. The van der Waals surface area contributed by atoms with Gasteiger partial charge in [0, 0.05) is 18.5 Å². The van der Waals surface area contributed by atoms with Crippen LogP contribution in [-0.4, -0.2) is 22.9 Å². The molecule has 18 heavy (non-hydrogen) atoms. The number of fused-ring (bicyclic) bond motifs is 1. The molecule has 3 nitrogen and oxygen atoms in total. The van der Waals surface area contributed by atoms with Gasteiger partial charge in [-0.3, -0.25) is 4.68 Å². The molecule has 1 aromatic carbocycles. The summed E-state index contributed by atoms with van der Waals surface area (Å²) in [6.07, 6.45) is 5.09. The molecule has 2 atom stereocenters. The number of hydrogen-bond acceptors (Lipinski definition) is 2. The van der Waals surface area contributed by atoms with Gasteiger partial charge in [0.05, 0.1) is 11.2 Å². The number of benzene rings is 1. The lowest BCUT2D eigenvalue weighted by Gasteiger charge is -2.17. The van der Waals surface area contributed by atoms with Crippen LogP contribution in [0.25, 0.3) is 10.9 Å². The van der Waals surface area contributed by atoms with E-state index in [1.54, 1.807) is 0 Å². The first-order valence-corrected chi connectivity index (χ1v) is 6.87. The van der Waals surface area contributed by atoms with Gasteiger partial charge in [0.2, 0.25) is 0 Å². The summed E-state index contributed by atoms with van der Waals surface area (Å²) in [7, 11) is 4.12. The van der Waals surface area contributed by atoms with E-state index in [-0.39, 0.29) is 0 Å². The van der Waals surface area contributed by atoms with Gasteiger partial charge in [-0.2, -0.15) is 5.10 Å². The van der Waals surface area contributed by atoms with Crippen molar-refractivity contribution in [2.75, 3.05) is 7.05 Å². The Morgan fingerprint density at radius 1 is 1.33 bits per heavy atom. The molecular weight excluding hydrogens is 222 g/mol. The van der Waals surface area contributed by atoms with Crippen LogP contribution < -0.4 is 5.32 Å². The topological polar surface area (TPSA) is 29.9 Å². The van der Waals surface area contributed by atoms with Crippen molar-refractivity contribution in [3.05, 3.63) is 30.0 Å². The van der Waals surface area contributed by atoms with Gasteiger partial charge < -0.3 is 5.32 Å². The first-order valence-electron chi connectivity index (χ1n) is 6.87. The Morgan fingerprint density at radius 3 is 3.00 bits per heavy atom. The molecule has 3 heteroatoms. The Kier molecular flexibility index (Phi) is 3.08. The summed E-state index contributed by atoms with van der Waals surface area (Å²) in [5.41, 5.74) is 2.51. The Hall–Kier alpha value is -1.35. The third-order valence-electron chi connectivity index (χ3n) is 4.32. The fourth-order valence-electron chi connectivity index (χ4n) is 3.35. The zero-order valence-corrected chi connectivity index (χ0v) is 11.2. The summed E-state index contributed by atoms with van der Waals surface area (Å²) in [6, 6.07) is 9.21. The van der Waals surface area contributed by atoms with Crippen molar-refractivity contribution in [1.29, 1.82) is 0 Å². The van der Waals surface area contributed by atoms with E-state index >= 15 is 0 Å². The Balaban J connectivity index is 1.91. The molecule has 0 radical (unpaired) electrons. The third-order valence-corrected chi connectivity index (χ3v) is 4.32. The maximum Gasteiger partial charge on any atom is 0.0706 e. The minimum Gasteiger partial charge on any atom is -0.317 e. The average molecular weight is 243 g/mol. The predicted molar refractivity (Wildman–Crippen MR) is 74.6 cm³/mol. The molecule has 0 amide bonds. The van der Waals surface area contributed by atoms with Crippen LogP contribution in [0.4, 0.5) is 0 Å². The van der Waals surface area contributed by atoms with E-state index in [0.717, 1.165) is 12.3 Å². The molecule has 1 N–H and O–H groups in total. The molecule has 1 aliphatic carbocycles. The van der Waals surface area contributed by atoms with Crippen LogP contribution in [-0.2, 0) is 13.5 Å². The van der Waals surface area contributed by atoms with Crippen LogP contribution >= 0.6 is 0 Å². The number of aromatic nitrogens is 2. The van der Waals surface area contributed by atoms with Crippen LogP contribution in [0.2, 0.25) is 0 Å². The van der Waals surface area contributed by atoms with Crippen molar-refractivity contribution in [3.8, 4) is 0 Å². The fourth-order valence-corrected chi connectivity index (χ4v) is 3.35. The molecule has 3 rings (SSSR count). The molecule has 0 bridgehead atoms. The van der Waals surface area contributed by atoms with E-state index in [1.807, 2.05) is 11.7 Å². The van der Waals surface area contributed by atoms with Gasteiger partial charge in [-0.25, -0.2) is 0 Å². The summed E-state index contributed by atoms with van der Waals surface area (Å²) in [4.78, 5) is 0. The number of rotatable bonds is 3. The maximum atomic E-state index is 4.71. The van der Waals surface area contributed by atoms with Crippen molar-refractivity contribution in [1.82, 2.24) is 15.1 Å². The molecule has 1 fully saturated rings. The van der Waals surface area contributed by atoms with Gasteiger partial charge in [0.15, 0.2) is 0 Å². The van der Waals surface area contributed by atoms with E-state index in [1.165, 1.54) is 35.9 Å². The van der Waals surface area contributed by atoms with Crippen LogP contribution in [0.5, 0.6) is 0 Å². The van der Waals surface area contributed by atoms with E-state index < -0.39 is 0 Å². The summed E-state index contributed by atoms with van der Waals surface area (Å²) >= 11 is 0. The molecule has 1 heterocycles. The lowest BCUT2D eigenvalue weighted by atomic mass is 9.96. The number of nitrogens with zero attached hydrogens (tertiary/aromatic N) is 2. The molecule has 0 aliphatic heterocycles. The molecule has 2 unspecified atom stereocenters. The SMILES string of the molecule is CNC1CCCC1Cc1nn(C)c2ccccc12. The van der Waals surface area contributed by atoms with Crippen molar-refractivity contribution >= 4 is 10.9 Å². The molecular formula is C15H21N3. The first kappa shape index (κ1) is 11.7. The summed E-state index contributed by atoms with van der Waals surface area (Å²) < 4.78 is 2.01. The van der Waals surface area contributed by atoms with Crippen LogP contribution in [0.3, 0.4) is 0 Å². The zero-order valence-electron chi connectivity index (χ0n) is 11.2. The third kappa shape index (κ3) is 1.93. The van der Waals surface area contributed by atoms with E-state index in [4.69, 9.17) is 5.10 Å². The Bertz CT molecular complexity index is 544. The summed E-state index contributed by atoms with van der Waals surface area (Å²) in [5, 5.41) is 9.49. The minimum atomic E-state index is 0.672. The van der Waals surface area contributed by atoms with Gasteiger partial charge in [0.1, 0.15) is 0 Å². The van der Waals surface area contributed by atoms with Gasteiger partial charge in [-0.1, -0.05) is 24.6 Å². The lowest BCUT2D eigenvalue weighted by Crippen LogP contribution is -2.30. The van der Waals surface area contributed by atoms with E-state index in [9.17, 15) is 0 Å². The van der Waals surface area contributed by atoms with Crippen molar-refractivity contribution < 1.29 is 0 Å². The molecule has 1 saturated carbocycles. The molecule has 1 aliphatic rings. The highest BCUT2D eigenvalue weighted by atomic mass is 15.3. The monoisotopic (exact) mass is 243 g/mol. The smallest absolute Gasteiger partial charge is 0.0706 e. The van der Waals surface area contributed by atoms with Gasteiger partial charge in [-0.05, 0) is 38.3 Å².